The van der Waals surface area contributed by atoms with E-state index < -0.39 is 0 Å². The summed E-state index contributed by atoms with van der Waals surface area (Å²) < 4.78 is 0. The quantitative estimate of drug-likeness (QED) is 0.747. The van der Waals surface area contributed by atoms with Gasteiger partial charge in [0.25, 0.3) is 0 Å². The van der Waals surface area contributed by atoms with E-state index in [1.54, 1.807) is 0 Å². The van der Waals surface area contributed by atoms with Crippen LogP contribution in [0, 0.1) is 17.8 Å². The number of nitrogens with zero attached hydrogens (tertiary/aromatic N) is 1. The van der Waals surface area contributed by atoms with Crippen molar-refractivity contribution in [3.05, 3.63) is 35.9 Å². The summed E-state index contributed by atoms with van der Waals surface area (Å²) in [5, 5.41) is 4.10. The average molecular weight is 241 g/mol. The third-order valence-corrected chi connectivity index (χ3v) is 4.70. The summed E-state index contributed by atoms with van der Waals surface area (Å²) in [6.45, 7) is 0. The molecule has 2 aliphatic carbocycles. The summed E-state index contributed by atoms with van der Waals surface area (Å²) in [6.07, 6.45) is 3.88. The predicted octanol–water partition coefficient (Wildman–Crippen LogP) is 2.67. The summed E-state index contributed by atoms with van der Waals surface area (Å²) in [6, 6.07) is 9.41. The lowest BCUT2D eigenvalue weighted by Gasteiger charge is -2.22. The van der Waals surface area contributed by atoms with Gasteiger partial charge in [0, 0.05) is 5.56 Å². The lowest BCUT2D eigenvalue weighted by Crippen LogP contribution is -2.33. The summed E-state index contributed by atoms with van der Waals surface area (Å²) >= 11 is 0. The number of hydrogen-bond acceptors (Lipinski definition) is 3. The van der Waals surface area contributed by atoms with Gasteiger partial charge in [-0.2, -0.15) is 0 Å². The average Bonchev–Trinajstić information content (AvgIpc) is 3.11. The van der Waals surface area contributed by atoms with Crippen molar-refractivity contribution >= 4 is 11.5 Å². The molecule has 2 bridgehead atoms. The van der Waals surface area contributed by atoms with Gasteiger partial charge in [-0.1, -0.05) is 35.5 Å². The molecule has 2 saturated carbocycles. The van der Waals surface area contributed by atoms with Crippen molar-refractivity contribution in [1.29, 1.82) is 0 Å². The topological polar surface area (TPSA) is 38.7 Å². The van der Waals surface area contributed by atoms with Crippen molar-refractivity contribution in [2.24, 2.45) is 22.9 Å². The number of carbonyl (C=O) groups excluding carboxylic acids is 1. The second kappa shape index (κ2) is 3.67. The van der Waals surface area contributed by atoms with Crippen LogP contribution in [0.2, 0.25) is 0 Å². The molecule has 18 heavy (non-hydrogen) atoms. The van der Waals surface area contributed by atoms with Gasteiger partial charge in [-0.05, 0) is 31.1 Å². The molecule has 2 fully saturated rings. The van der Waals surface area contributed by atoms with Gasteiger partial charge in [0.05, 0.1) is 5.92 Å². The van der Waals surface area contributed by atoms with E-state index in [0.717, 1.165) is 5.56 Å². The van der Waals surface area contributed by atoms with E-state index in [2.05, 4.69) is 5.16 Å². The van der Waals surface area contributed by atoms with E-state index in [4.69, 9.17) is 4.84 Å². The number of Topliss-reactive ketones (excluding diaryl/α,β-unsaturated/α-hetero) is 1. The lowest BCUT2D eigenvalue weighted by molar-refractivity contribution is 0.0275. The highest BCUT2D eigenvalue weighted by molar-refractivity contribution is 6.47. The first-order chi connectivity index (χ1) is 8.84. The molecule has 1 aliphatic heterocycles. The molecule has 1 aromatic carbocycles. The van der Waals surface area contributed by atoms with Crippen LogP contribution in [0.3, 0.4) is 0 Å². The van der Waals surface area contributed by atoms with Crippen molar-refractivity contribution in [1.82, 2.24) is 0 Å². The van der Waals surface area contributed by atoms with Crippen LogP contribution < -0.4 is 0 Å². The minimum absolute atomic E-state index is 0.0515. The zero-order valence-electron chi connectivity index (χ0n) is 10.1. The van der Waals surface area contributed by atoms with Crippen molar-refractivity contribution in [3.63, 3.8) is 0 Å². The van der Waals surface area contributed by atoms with Crippen molar-refractivity contribution in [2.45, 2.75) is 25.4 Å². The largest absolute Gasteiger partial charge is 0.391 e. The number of fused-ring (bicyclic) bond motifs is 5. The van der Waals surface area contributed by atoms with Crippen LogP contribution in [-0.4, -0.2) is 17.6 Å². The Balaban J connectivity index is 1.65. The number of rotatable bonds is 2. The second-order valence-electron chi connectivity index (χ2n) is 5.60. The van der Waals surface area contributed by atoms with E-state index in [9.17, 15) is 4.79 Å². The first kappa shape index (κ1) is 10.3. The Morgan fingerprint density at radius 2 is 1.94 bits per heavy atom. The maximum atomic E-state index is 12.5. The molecular weight excluding hydrogens is 226 g/mol. The molecule has 0 unspecified atom stereocenters. The van der Waals surface area contributed by atoms with Crippen molar-refractivity contribution in [3.8, 4) is 0 Å². The van der Waals surface area contributed by atoms with Crippen LogP contribution in [-0.2, 0) is 4.84 Å². The van der Waals surface area contributed by atoms with E-state index in [0.29, 0.717) is 17.5 Å². The third kappa shape index (κ3) is 1.30. The molecule has 0 amide bonds. The van der Waals surface area contributed by atoms with E-state index in [1.807, 2.05) is 30.3 Å². The minimum atomic E-state index is 0.0515. The maximum Gasteiger partial charge on any atom is 0.211 e. The highest BCUT2D eigenvalue weighted by atomic mass is 16.6. The first-order valence-electron chi connectivity index (χ1n) is 6.68. The van der Waals surface area contributed by atoms with Gasteiger partial charge >= 0.3 is 0 Å². The van der Waals surface area contributed by atoms with Gasteiger partial charge in [0.2, 0.25) is 5.78 Å². The number of carbonyl (C=O) groups is 1. The Morgan fingerprint density at radius 1 is 1.17 bits per heavy atom. The molecule has 4 rings (SSSR count). The van der Waals surface area contributed by atoms with E-state index in [1.165, 1.54) is 19.3 Å². The molecule has 0 radical (unpaired) electrons. The summed E-state index contributed by atoms with van der Waals surface area (Å²) in [5.74, 6) is 1.56. The lowest BCUT2D eigenvalue weighted by atomic mass is 9.81. The van der Waals surface area contributed by atoms with Crippen LogP contribution in [0.25, 0.3) is 0 Å². The van der Waals surface area contributed by atoms with Crippen molar-refractivity contribution < 1.29 is 9.63 Å². The van der Waals surface area contributed by atoms with Crippen LogP contribution in [0.1, 0.15) is 29.6 Å². The smallest absolute Gasteiger partial charge is 0.211 e. The maximum absolute atomic E-state index is 12.5. The summed E-state index contributed by atoms with van der Waals surface area (Å²) in [7, 11) is 0. The van der Waals surface area contributed by atoms with Crippen LogP contribution in [0.15, 0.2) is 35.5 Å². The van der Waals surface area contributed by atoms with Gasteiger partial charge in [-0.25, -0.2) is 0 Å². The molecule has 1 heterocycles. The molecule has 4 atom stereocenters. The molecule has 1 aromatic rings. The first-order valence-corrected chi connectivity index (χ1v) is 6.68. The molecular formula is C15H15NO2. The van der Waals surface area contributed by atoms with Crippen LogP contribution in [0.5, 0.6) is 0 Å². The van der Waals surface area contributed by atoms with Gasteiger partial charge < -0.3 is 4.84 Å². The Bertz CT molecular complexity index is 523. The molecule has 0 N–H and O–H groups in total. The molecule has 3 heteroatoms. The normalized spacial score (nSPS) is 36.1. The third-order valence-electron chi connectivity index (χ3n) is 4.70. The monoisotopic (exact) mass is 241 g/mol. The number of benzene rings is 1. The summed E-state index contributed by atoms with van der Waals surface area (Å²) in [5.41, 5.74) is 1.39. The zero-order valence-corrected chi connectivity index (χ0v) is 10.1. The van der Waals surface area contributed by atoms with Crippen LogP contribution in [0.4, 0.5) is 0 Å². The Morgan fingerprint density at radius 3 is 2.78 bits per heavy atom. The minimum Gasteiger partial charge on any atom is -0.391 e. The molecule has 0 aromatic heterocycles. The Kier molecular flexibility index (Phi) is 2.10. The van der Waals surface area contributed by atoms with E-state index in [-0.39, 0.29) is 17.8 Å². The molecule has 92 valence electrons. The van der Waals surface area contributed by atoms with Gasteiger partial charge in [-0.3, -0.25) is 4.79 Å². The molecule has 0 saturated heterocycles. The van der Waals surface area contributed by atoms with Gasteiger partial charge in [-0.15, -0.1) is 0 Å². The second-order valence-corrected chi connectivity index (χ2v) is 5.60. The fraction of sp³-hybridized carbons (Fsp3) is 0.467. The van der Waals surface area contributed by atoms with Gasteiger partial charge in [0.1, 0.15) is 11.8 Å². The zero-order chi connectivity index (χ0) is 12.1. The Hall–Kier alpha value is -1.64. The fourth-order valence-corrected chi connectivity index (χ4v) is 3.88. The van der Waals surface area contributed by atoms with Crippen molar-refractivity contribution in [2.75, 3.05) is 0 Å². The Labute approximate surface area is 106 Å². The molecule has 0 spiro atoms. The highest BCUT2D eigenvalue weighted by Crippen LogP contribution is 2.52. The summed E-state index contributed by atoms with van der Waals surface area (Å²) in [4.78, 5) is 18.0. The van der Waals surface area contributed by atoms with Crippen LogP contribution >= 0.6 is 0 Å². The van der Waals surface area contributed by atoms with E-state index >= 15 is 0 Å². The number of ketones is 1. The standard InChI is InChI=1S/C15H15NO2/c17-14(9-4-2-1-3-5-9)13-12-10-6-7-11(8-10)15(12)18-16-13/h1-5,10-12,15H,6-8H2/t10-,11-,12+,15+/m1/s1. The number of oxime groups is 1. The number of hydrogen-bond donors (Lipinski definition) is 0. The molecule has 3 nitrogen and oxygen atoms in total. The highest BCUT2D eigenvalue weighted by Gasteiger charge is 2.55. The predicted molar refractivity (Wildman–Crippen MR) is 67.4 cm³/mol. The fourth-order valence-electron chi connectivity index (χ4n) is 3.88. The molecule has 3 aliphatic rings. The van der Waals surface area contributed by atoms with Gasteiger partial charge in [0.15, 0.2) is 0 Å². The SMILES string of the molecule is O=C(C1=NO[C@H]2[C@@H]3CC[C@H](C3)[C@@H]12)c1ccccc1.